The van der Waals surface area contributed by atoms with E-state index in [-0.39, 0.29) is 11.8 Å². The topological polar surface area (TPSA) is 75.4 Å². The summed E-state index contributed by atoms with van der Waals surface area (Å²) in [5.41, 5.74) is 3.24. The summed E-state index contributed by atoms with van der Waals surface area (Å²) < 4.78 is 4.62. The van der Waals surface area contributed by atoms with Crippen LogP contribution in [0.1, 0.15) is 16.7 Å². The van der Waals surface area contributed by atoms with Gasteiger partial charge in [-0.3, -0.25) is 0 Å². The van der Waals surface area contributed by atoms with E-state index in [2.05, 4.69) is 46.7 Å². The van der Waals surface area contributed by atoms with Gasteiger partial charge in [-0.05, 0) is 16.7 Å². The number of carboxylic acids is 1. The van der Waals surface area contributed by atoms with Crippen LogP contribution in [0.2, 0.25) is 0 Å². The zero-order chi connectivity index (χ0) is 21.5. The highest BCUT2D eigenvalue weighted by molar-refractivity contribution is 8.00. The standard InChI is InChI=1S/C25H22N2O3S/c28-23(29)22(27-24-26-16-17-30-24)18-31-25(19-10-4-1-5-11-19,20-12-6-2-7-13-20)21-14-8-3-9-15-21/h1-17,22H,18H2,(H,26,27)(H,28,29)/t22-/m0/s1. The number of carboxylic acid groups (broad SMARTS) is 1. The molecule has 31 heavy (non-hydrogen) atoms. The molecule has 3 aromatic carbocycles. The number of nitrogens with one attached hydrogen (secondary N) is 1. The van der Waals surface area contributed by atoms with Gasteiger partial charge < -0.3 is 14.8 Å². The van der Waals surface area contributed by atoms with Crippen LogP contribution in [0.15, 0.2) is 108 Å². The third kappa shape index (κ3) is 4.49. The second-order valence-corrected chi connectivity index (χ2v) is 8.20. The molecule has 5 nitrogen and oxygen atoms in total. The quantitative estimate of drug-likeness (QED) is 0.353. The normalized spacial score (nSPS) is 12.3. The highest BCUT2D eigenvalue weighted by Gasteiger charge is 2.38. The molecule has 0 spiro atoms. The number of benzene rings is 3. The van der Waals surface area contributed by atoms with Gasteiger partial charge in [0.05, 0.1) is 10.9 Å². The van der Waals surface area contributed by atoms with Crippen molar-refractivity contribution in [2.45, 2.75) is 10.8 Å². The van der Waals surface area contributed by atoms with Gasteiger partial charge in [0.15, 0.2) is 0 Å². The third-order valence-electron chi connectivity index (χ3n) is 5.04. The summed E-state index contributed by atoms with van der Waals surface area (Å²) in [4.78, 5) is 16.0. The Morgan fingerprint density at radius 1 is 0.903 bits per heavy atom. The van der Waals surface area contributed by atoms with Crippen LogP contribution in [0.3, 0.4) is 0 Å². The van der Waals surface area contributed by atoms with E-state index in [0.717, 1.165) is 16.7 Å². The molecule has 6 heteroatoms. The van der Waals surface area contributed by atoms with Crippen molar-refractivity contribution in [3.8, 4) is 0 Å². The van der Waals surface area contributed by atoms with Crippen LogP contribution in [0.4, 0.5) is 6.01 Å². The van der Waals surface area contributed by atoms with Crippen molar-refractivity contribution >= 4 is 23.7 Å². The summed E-state index contributed by atoms with van der Waals surface area (Å²) in [6, 6.07) is 29.9. The molecule has 0 saturated heterocycles. The maximum absolute atomic E-state index is 12.0. The predicted octanol–water partition coefficient (Wildman–Crippen LogP) is 5.27. The second-order valence-electron chi connectivity index (χ2n) is 6.96. The fraction of sp³-hybridized carbons (Fsp3) is 0.120. The predicted molar refractivity (Wildman–Crippen MR) is 123 cm³/mol. The number of rotatable bonds is 9. The molecule has 0 aliphatic rings. The first kappa shape index (κ1) is 20.8. The molecule has 0 aliphatic heterocycles. The maximum atomic E-state index is 12.0. The zero-order valence-corrected chi connectivity index (χ0v) is 17.5. The fourth-order valence-electron chi connectivity index (χ4n) is 3.60. The molecule has 156 valence electrons. The van der Waals surface area contributed by atoms with Gasteiger partial charge in [0, 0.05) is 5.75 Å². The molecule has 2 N–H and O–H groups in total. The number of carbonyl (C=O) groups is 1. The summed E-state index contributed by atoms with van der Waals surface area (Å²) in [6.45, 7) is 0. The van der Waals surface area contributed by atoms with Gasteiger partial charge >= 0.3 is 5.97 Å². The molecule has 1 aromatic heterocycles. The Morgan fingerprint density at radius 3 is 1.77 bits per heavy atom. The van der Waals surface area contributed by atoms with Crippen molar-refractivity contribution in [1.82, 2.24) is 4.98 Å². The smallest absolute Gasteiger partial charge is 0.327 e. The largest absolute Gasteiger partial charge is 0.480 e. The van der Waals surface area contributed by atoms with Crippen molar-refractivity contribution in [3.05, 3.63) is 120 Å². The molecule has 0 saturated carbocycles. The highest BCUT2D eigenvalue weighted by Crippen LogP contribution is 2.48. The molecular weight excluding hydrogens is 408 g/mol. The Morgan fingerprint density at radius 2 is 1.39 bits per heavy atom. The minimum Gasteiger partial charge on any atom is -0.480 e. The zero-order valence-electron chi connectivity index (χ0n) is 16.7. The number of aromatic nitrogens is 1. The van der Waals surface area contributed by atoms with Crippen LogP contribution in [0, 0.1) is 0 Å². The average Bonchev–Trinajstić information content (AvgIpc) is 3.34. The number of nitrogens with zero attached hydrogens (tertiary/aromatic N) is 1. The maximum Gasteiger partial charge on any atom is 0.327 e. The lowest BCUT2D eigenvalue weighted by molar-refractivity contribution is -0.137. The molecule has 0 radical (unpaired) electrons. The molecule has 1 atom stereocenters. The van der Waals surface area contributed by atoms with Gasteiger partial charge in [-0.1, -0.05) is 91.0 Å². The van der Waals surface area contributed by atoms with Crippen LogP contribution >= 0.6 is 11.8 Å². The number of oxazole rings is 1. The minimum absolute atomic E-state index is 0.192. The van der Waals surface area contributed by atoms with Crippen LogP contribution in [-0.2, 0) is 9.54 Å². The van der Waals surface area contributed by atoms with Gasteiger partial charge in [0.25, 0.3) is 6.01 Å². The number of hydrogen-bond donors (Lipinski definition) is 2. The number of hydrogen-bond acceptors (Lipinski definition) is 5. The van der Waals surface area contributed by atoms with E-state index in [1.54, 1.807) is 11.8 Å². The Labute approximate surface area is 185 Å². The van der Waals surface area contributed by atoms with Crippen molar-refractivity contribution < 1.29 is 14.3 Å². The Hall–Kier alpha value is -3.51. The first-order valence-corrected chi connectivity index (χ1v) is 10.9. The van der Waals surface area contributed by atoms with Crippen LogP contribution in [0.25, 0.3) is 0 Å². The van der Waals surface area contributed by atoms with E-state index in [0.29, 0.717) is 0 Å². The van der Waals surface area contributed by atoms with Crippen molar-refractivity contribution in [1.29, 1.82) is 0 Å². The van der Waals surface area contributed by atoms with Crippen molar-refractivity contribution in [2.75, 3.05) is 11.1 Å². The summed E-state index contributed by atoms with van der Waals surface area (Å²) in [5.74, 6) is -0.676. The van der Waals surface area contributed by atoms with Gasteiger partial charge in [-0.2, -0.15) is 0 Å². The Bertz CT molecular complexity index is 991. The van der Waals surface area contributed by atoms with Gasteiger partial charge in [0.1, 0.15) is 12.3 Å². The lowest BCUT2D eigenvalue weighted by atomic mass is 9.84. The summed E-state index contributed by atoms with van der Waals surface area (Å²) >= 11 is 1.57. The molecular formula is C25H22N2O3S. The van der Waals surface area contributed by atoms with E-state index in [4.69, 9.17) is 4.42 Å². The molecule has 0 amide bonds. The van der Waals surface area contributed by atoms with Gasteiger partial charge in [-0.15, -0.1) is 11.8 Å². The number of aliphatic carboxylic acids is 1. The molecule has 0 bridgehead atoms. The average molecular weight is 431 g/mol. The van der Waals surface area contributed by atoms with E-state index in [9.17, 15) is 9.90 Å². The van der Waals surface area contributed by atoms with Crippen molar-refractivity contribution in [3.63, 3.8) is 0 Å². The Kier molecular flexibility index (Phi) is 6.38. The van der Waals surface area contributed by atoms with Crippen LogP contribution in [-0.4, -0.2) is 27.9 Å². The molecule has 0 unspecified atom stereocenters. The fourth-order valence-corrected chi connectivity index (χ4v) is 5.15. The van der Waals surface area contributed by atoms with Crippen LogP contribution < -0.4 is 5.32 Å². The minimum atomic E-state index is -0.964. The molecule has 0 fully saturated rings. The SMILES string of the molecule is O=C(O)[C@H](CSC(c1ccccc1)(c1ccccc1)c1ccccc1)Nc1ncco1. The first-order chi connectivity index (χ1) is 15.2. The lowest BCUT2D eigenvalue weighted by Gasteiger charge is -2.36. The summed E-state index contributed by atoms with van der Waals surface area (Å²) in [6.07, 6.45) is 2.90. The van der Waals surface area contributed by atoms with Crippen molar-refractivity contribution in [2.24, 2.45) is 0 Å². The van der Waals surface area contributed by atoms with E-state index < -0.39 is 16.8 Å². The number of anilines is 1. The number of thioether (sulfide) groups is 1. The summed E-state index contributed by atoms with van der Waals surface area (Å²) in [5, 5.41) is 12.7. The van der Waals surface area contributed by atoms with E-state index >= 15 is 0 Å². The second kappa shape index (κ2) is 9.53. The third-order valence-corrected chi connectivity index (χ3v) is 6.68. The molecule has 0 aliphatic carbocycles. The van der Waals surface area contributed by atoms with Gasteiger partial charge in [-0.25, -0.2) is 9.78 Å². The highest BCUT2D eigenvalue weighted by atomic mass is 32.2. The first-order valence-electron chi connectivity index (χ1n) is 9.89. The Balaban J connectivity index is 1.79. The molecule has 4 rings (SSSR count). The monoisotopic (exact) mass is 430 g/mol. The molecule has 4 aromatic rings. The lowest BCUT2D eigenvalue weighted by Crippen LogP contribution is -2.35. The van der Waals surface area contributed by atoms with Crippen LogP contribution in [0.5, 0.6) is 0 Å². The van der Waals surface area contributed by atoms with E-state index in [1.807, 2.05) is 54.6 Å². The molecule has 1 heterocycles. The van der Waals surface area contributed by atoms with E-state index in [1.165, 1.54) is 12.5 Å². The summed E-state index contributed by atoms with van der Waals surface area (Å²) in [7, 11) is 0. The van der Waals surface area contributed by atoms with Gasteiger partial charge in [0.2, 0.25) is 0 Å².